The zero-order chi connectivity index (χ0) is 26.7. The van der Waals surface area contributed by atoms with Crippen LogP contribution in [0.5, 0.6) is 11.5 Å². The molecule has 2 N–H and O–H groups in total. The zero-order valence-corrected chi connectivity index (χ0v) is 22.0. The summed E-state index contributed by atoms with van der Waals surface area (Å²) < 4.78 is 13.2. The Hall–Kier alpha value is -4.31. The molecule has 0 saturated carbocycles. The van der Waals surface area contributed by atoms with Gasteiger partial charge in [-0.2, -0.15) is 0 Å². The van der Waals surface area contributed by atoms with Gasteiger partial charge in [-0.1, -0.05) is 48.2 Å². The first kappa shape index (κ1) is 26.7. The summed E-state index contributed by atoms with van der Waals surface area (Å²) >= 11 is 1.31. The average Bonchev–Trinajstić information content (AvgIpc) is 3.32. The molecule has 1 aromatic heterocycles. The highest BCUT2D eigenvalue weighted by Crippen LogP contribution is 2.22. The lowest BCUT2D eigenvalue weighted by Gasteiger charge is -2.12. The molecule has 9 nitrogen and oxygen atoms in total. The number of aromatic nitrogens is 3. The molecule has 4 aromatic rings. The Labute approximate surface area is 225 Å². The van der Waals surface area contributed by atoms with Gasteiger partial charge < -0.3 is 24.7 Å². The first-order valence-electron chi connectivity index (χ1n) is 12.0. The maximum Gasteiger partial charge on any atom is 0.234 e. The second kappa shape index (κ2) is 13.3. The highest BCUT2D eigenvalue weighted by Gasteiger charge is 2.15. The molecule has 0 bridgehead atoms. The first-order chi connectivity index (χ1) is 18.5. The Morgan fingerprint density at radius 3 is 2.32 bits per heavy atom. The lowest BCUT2D eigenvalue weighted by Crippen LogP contribution is -2.15. The van der Waals surface area contributed by atoms with Crippen LogP contribution in [0.2, 0.25) is 0 Å². The molecule has 3 aromatic carbocycles. The van der Waals surface area contributed by atoms with Crippen LogP contribution in [0, 0.1) is 0 Å². The van der Waals surface area contributed by atoms with E-state index in [1.54, 1.807) is 31.4 Å². The molecule has 1 heterocycles. The number of aryl methyl sites for hydroxylation is 1. The van der Waals surface area contributed by atoms with Crippen molar-refractivity contribution in [2.45, 2.75) is 31.7 Å². The summed E-state index contributed by atoms with van der Waals surface area (Å²) in [6, 6.07) is 24.5. The highest BCUT2D eigenvalue weighted by molar-refractivity contribution is 7.99. The minimum absolute atomic E-state index is 0.150. The fraction of sp³-hybridized carbons (Fsp3) is 0.214. The van der Waals surface area contributed by atoms with Gasteiger partial charge in [0.05, 0.1) is 12.9 Å². The number of carbonyl (C=O) groups excluding carboxylic acids is 2. The zero-order valence-electron chi connectivity index (χ0n) is 21.2. The van der Waals surface area contributed by atoms with Crippen LogP contribution in [-0.4, -0.2) is 39.4 Å². The van der Waals surface area contributed by atoms with E-state index in [9.17, 15) is 9.59 Å². The van der Waals surface area contributed by atoms with Crippen LogP contribution in [0.4, 0.5) is 11.4 Å². The van der Waals surface area contributed by atoms with E-state index in [0.29, 0.717) is 40.4 Å². The van der Waals surface area contributed by atoms with Crippen molar-refractivity contribution in [3.8, 4) is 11.5 Å². The summed E-state index contributed by atoms with van der Waals surface area (Å²) in [6.07, 6.45) is 0.783. The number of benzene rings is 3. The Morgan fingerprint density at radius 2 is 1.61 bits per heavy atom. The number of anilines is 2. The Balaban J connectivity index is 1.41. The molecule has 0 spiro atoms. The van der Waals surface area contributed by atoms with Crippen LogP contribution >= 0.6 is 11.8 Å². The van der Waals surface area contributed by atoms with Crippen LogP contribution in [0.15, 0.2) is 84.0 Å². The van der Waals surface area contributed by atoms with Gasteiger partial charge in [0, 0.05) is 30.9 Å². The summed E-state index contributed by atoms with van der Waals surface area (Å²) in [5.41, 5.74) is 2.50. The maximum absolute atomic E-state index is 12.6. The second-order valence-corrected chi connectivity index (χ2v) is 9.29. The molecule has 0 aliphatic carbocycles. The topological polar surface area (TPSA) is 107 Å². The quantitative estimate of drug-likeness (QED) is 0.253. The van der Waals surface area contributed by atoms with E-state index >= 15 is 0 Å². The standard InChI is InChI=1S/C28H29N5O4S/c1-20(34)29-22-11-13-23(14-12-22)30-27(35)19-38-28-32-31-26(18-37-25-10-6-9-24(17-25)36-2)33(28)16-15-21-7-4-3-5-8-21/h3-14,17H,15-16,18-19H2,1-2H3,(H,29,34)(H,30,35). The molecule has 0 aliphatic heterocycles. The maximum atomic E-state index is 12.6. The predicted octanol–water partition coefficient (Wildman–Crippen LogP) is 4.80. The number of hydrogen-bond acceptors (Lipinski definition) is 7. The third kappa shape index (κ3) is 7.84. The number of hydrogen-bond donors (Lipinski definition) is 2. The highest BCUT2D eigenvalue weighted by atomic mass is 32.2. The van der Waals surface area contributed by atoms with E-state index in [1.807, 2.05) is 47.0 Å². The van der Waals surface area contributed by atoms with Crippen LogP contribution in [0.3, 0.4) is 0 Å². The van der Waals surface area contributed by atoms with Gasteiger partial charge in [-0.05, 0) is 48.4 Å². The summed E-state index contributed by atoms with van der Waals surface area (Å²) in [5, 5.41) is 14.9. The minimum Gasteiger partial charge on any atom is -0.497 e. The summed E-state index contributed by atoms with van der Waals surface area (Å²) in [7, 11) is 1.61. The number of amides is 2. The monoisotopic (exact) mass is 531 g/mol. The lowest BCUT2D eigenvalue weighted by atomic mass is 10.1. The van der Waals surface area contributed by atoms with Gasteiger partial charge in [0.25, 0.3) is 0 Å². The van der Waals surface area contributed by atoms with Crippen LogP contribution in [0.1, 0.15) is 18.3 Å². The predicted molar refractivity (Wildman–Crippen MR) is 148 cm³/mol. The Bertz CT molecular complexity index is 1360. The van der Waals surface area contributed by atoms with E-state index in [2.05, 4.69) is 33.0 Å². The van der Waals surface area contributed by atoms with Crippen molar-refractivity contribution >= 4 is 35.0 Å². The van der Waals surface area contributed by atoms with Gasteiger partial charge in [-0.15, -0.1) is 10.2 Å². The first-order valence-corrected chi connectivity index (χ1v) is 13.0. The van der Waals surface area contributed by atoms with Crippen molar-refractivity contribution in [3.05, 3.63) is 90.3 Å². The van der Waals surface area contributed by atoms with Crippen molar-refractivity contribution in [1.29, 1.82) is 0 Å². The van der Waals surface area contributed by atoms with Crippen LogP contribution in [-0.2, 0) is 29.2 Å². The molecule has 0 atom stereocenters. The van der Waals surface area contributed by atoms with Crippen molar-refractivity contribution in [3.63, 3.8) is 0 Å². The molecule has 0 aliphatic rings. The van der Waals surface area contributed by atoms with Crippen molar-refractivity contribution < 1.29 is 19.1 Å². The van der Waals surface area contributed by atoms with Crippen LogP contribution in [0.25, 0.3) is 0 Å². The molecule has 38 heavy (non-hydrogen) atoms. The second-order valence-electron chi connectivity index (χ2n) is 8.35. The fourth-order valence-electron chi connectivity index (χ4n) is 3.65. The molecule has 2 amide bonds. The molecular formula is C28H29N5O4S. The smallest absolute Gasteiger partial charge is 0.234 e. The Morgan fingerprint density at radius 1 is 0.895 bits per heavy atom. The molecule has 0 fully saturated rings. The summed E-state index contributed by atoms with van der Waals surface area (Å²) in [4.78, 5) is 23.8. The largest absolute Gasteiger partial charge is 0.497 e. The third-order valence-corrected chi connectivity index (χ3v) is 6.46. The number of ether oxygens (including phenoxy) is 2. The molecule has 196 valence electrons. The number of rotatable bonds is 12. The van der Waals surface area contributed by atoms with E-state index in [-0.39, 0.29) is 24.2 Å². The fourth-order valence-corrected chi connectivity index (χ4v) is 4.43. The van der Waals surface area contributed by atoms with Gasteiger partial charge in [-0.25, -0.2) is 0 Å². The van der Waals surface area contributed by atoms with Crippen molar-refractivity contribution in [2.75, 3.05) is 23.5 Å². The van der Waals surface area contributed by atoms with Crippen LogP contribution < -0.4 is 20.1 Å². The summed E-state index contributed by atoms with van der Waals surface area (Å²) in [6.45, 7) is 2.31. The molecule has 4 rings (SSSR count). The number of nitrogens with one attached hydrogen (secondary N) is 2. The number of thioether (sulfide) groups is 1. The van der Waals surface area contributed by atoms with Gasteiger partial charge in [0.2, 0.25) is 11.8 Å². The van der Waals surface area contributed by atoms with E-state index in [4.69, 9.17) is 9.47 Å². The number of methoxy groups -OCH3 is 1. The third-order valence-electron chi connectivity index (χ3n) is 5.49. The molecule has 0 saturated heterocycles. The molecule has 0 unspecified atom stereocenters. The number of nitrogens with zero attached hydrogens (tertiary/aromatic N) is 3. The van der Waals surface area contributed by atoms with Gasteiger partial charge in [-0.3, -0.25) is 9.59 Å². The average molecular weight is 532 g/mol. The van der Waals surface area contributed by atoms with Crippen molar-refractivity contribution in [2.24, 2.45) is 0 Å². The Kier molecular flexibility index (Phi) is 9.36. The normalized spacial score (nSPS) is 10.6. The van der Waals surface area contributed by atoms with E-state index < -0.39 is 0 Å². The minimum atomic E-state index is -0.172. The molecule has 0 radical (unpaired) electrons. The van der Waals surface area contributed by atoms with Gasteiger partial charge in [0.15, 0.2) is 11.0 Å². The van der Waals surface area contributed by atoms with E-state index in [1.165, 1.54) is 24.2 Å². The van der Waals surface area contributed by atoms with Gasteiger partial charge >= 0.3 is 0 Å². The number of carbonyl (C=O) groups is 2. The van der Waals surface area contributed by atoms with Crippen molar-refractivity contribution in [1.82, 2.24) is 14.8 Å². The van der Waals surface area contributed by atoms with E-state index in [0.717, 1.165) is 6.42 Å². The lowest BCUT2D eigenvalue weighted by molar-refractivity contribution is -0.114. The summed E-state index contributed by atoms with van der Waals surface area (Å²) in [5.74, 6) is 1.88. The van der Waals surface area contributed by atoms with Gasteiger partial charge in [0.1, 0.15) is 18.1 Å². The molecular weight excluding hydrogens is 502 g/mol. The molecule has 10 heteroatoms. The SMILES string of the molecule is COc1cccc(OCc2nnc(SCC(=O)Nc3ccc(NC(C)=O)cc3)n2CCc2ccccc2)c1.